The van der Waals surface area contributed by atoms with Gasteiger partial charge in [0.2, 0.25) is 0 Å². The van der Waals surface area contributed by atoms with Crippen molar-refractivity contribution in [2.75, 3.05) is 13.7 Å². The summed E-state index contributed by atoms with van der Waals surface area (Å²) in [6.07, 6.45) is 1.13. The standard InChI is InChI=1S/C19H25NO2.HPS/c1-4-11-20-13-17-9-10-18(12-19(17)21-3)22-14-16-7-5-15(2)6-8-16;1-2/h5-10,12,20H,4,11,13-14H2,1-3H3;1H. The molecule has 3 nitrogen and oxygen atoms in total. The number of rotatable bonds is 8. The Hall–Kier alpha value is -1.48. The molecule has 0 fully saturated rings. The normalized spacial score (nSPS) is 9.79. The molecule has 0 unspecified atom stereocenters. The number of hydrogen-bond acceptors (Lipinski definition) is 4. The van der Waals surface area contributed by atoms with Crippen LogP contribution in [0.2, 0.25) is 0 Å². The zero-order valence-corrected chi connectivity index (χ0v) is 16.4. The highest BCUT2D eigenvalue weighted by atomic mass is 32.4. The van der Waals surface area contributed by atoms with E-state index in [0.717, 1.165) is 36.6 Å². The number of hydrogen-bond donors (Lipinski definition) is 1. The van der Waals surface area contributed by atoms with Gasteiger partial charge >= 0.3 is 0 Å². The molecule has 2 aromatic carbocycles. The minimum Gasteiger partial charge on any atom is -0.496 e. The van der Waals surface area contributed by atoms with Crippen LogP contribution in [0.1, 0.15) is 30.0 Å². The second-order valence-corrected chi connectivity index (χ2v) is 5.42. The van der Waals surface area contributed by atoms with Gasteiger partial charge in [-0.1, -0.05) is 54.6 Å². The van der Waals surface area contributed by atoms with Crippen LogP contribution in [0.3, 0.4) is 0 Å². The first-order valence-electron chi connectivity index (χ1n) is 7.99. The van der Waals surface area contributed by atoms with Crippen molar-refractivity contribution in [3.8, 4) is 11.5 Å². The van der Waals surface area contributed by atoms with Crippen LogP contribution in [-0.2, 0) is 25.0 Å². The van der Waals surface area contributed by atoms with Crippen LogP contribution in [0.25, 0.3) is 0 Å². The molecule has 1 N–H and O–H groups in total. The summed E-state index contributed by atoms with van der Waals surface area (Å²) in [5.41, 5.74) is 3.58. The molecule has 0 aliphatic rings. The van der Waals surface area contributed by atoms with Crippen LogP contribution in [0.4, 0.5) is 0 Å². The maximum atomic E-state index is 5.85. The molecule has 0 aromatic heterocycles. The second-order valence-electron chi connectivity index (χ2n) is 5.42. The largest absolute Gasteiger partial charge is 0.496 e. The molecule has 0 amide bonds. The number of methoxy groups -OCH3 is 1. The van der Waals surface area contributed by atoms with E-state index in [4.69, 9.17) is 9.47 Å². The minimum absolute atomic E-state index is 0.566. The van der Waals surface area contributed by atoms with Gasteiger partial charge in [-0.05, 0) is 39.5 Å². The first-order chi connectivity index (χ1) is 11.7. The Labute approximate surface area is 152 Å². The summed E-state index contributed by atoms with van der Waals surface area (Å²) < 4.78 is 11.3. The van der Waals surface area contributed by atoms with Crippen molar-refractivity contribution in [1.82, 2.24) is 5.32 Å². The number of ether oxygens (including phenoxy) is 2. The molecule has 2 rings (SSSR count). The van der Waals surface area contributed by atoms with Crippen LogP contribution in [0.5, 0.6) is 11.5 Å². The molecule has 0 heterocycles. The quantitative estimate of drug-likeness (QED) is 0.545. The summed E-state index contributed by atoms with van der Waals surface area (Å²) >= 11 is 3.89. The Kier molecular flexibility index (Phi) is 10.3. The third-order valence-electron chi connectivity index (χ3n) is 3.53. The van der Waals surface area contributed by atoms with Gasteiger partial charge in [-0.3, -0.25) is 0 Å². The lowest BCUT2D eigenvalue weighted by Gasteiger charge is -2.12. The van der Waals surface area contributed by atoms with E-state index in [1.807, 2.05) is 12.1 Å². The van der Waals surface area contributed by atoms with Gasteiger partial charge in [-0.15, -0.1) is 0 Å². The van der Waals surface area contributed by atoms with Crippen molar-refractivity contribution < 1.29 is 9.47 Å². The fourth-order valence-electron chi connectivity index (χ4n) is 2.21. The van der Waals surface area contributed by atoms with E-state index in [1.54, 1.807) is 7.11 Å². The zero-order valence-electron chi connectivity index (χ0n) is 14.6. The Balaban J connectivity index is 0.00000139. The highest BCUT2D eigenvalue weighted by Gasteiger charge is 2.05. The maximum absolute atomic E-state index is 5.85. The first kappa shape index (κ1) is 20.6. The summed E-state index contributed by atoms with van der Waals surface area (Å²) in [6, 6.07) is 14.4. The van der Waals surface area contributed by atoms with E-state index in [-0.39, 0.29) is 0 Å². The topological polar surface area (TPSA) is 30.5 Å². The molecule has 0 saturated carbocycles. The van der Waals surface area contributed by atoms with Gasteiger partial charge in [0.25, 0.3) is 0 Å². The van der Waals surface area contributed by atoms with Crippen LogP contribution < -0.4 is 14.8 Å². The minimum atomic E-state index is 0.566. The number of benzene rings is 2. The van der Waals surface area contributed by atoms with E-state index < -0.39 is 0 Å². The molecule has 0 radical (unpaired) electrons. The van der Waals surface area contributed by atoms with Gasteiger partial charge in [0.05, 0.1) is 7.11 Å². The lowest BCUT2D eigenvalue weighted by Crippen LogP contribution is -2.14. The predicted octanol–water partition coefficient (Wildman–Crippen LogP) is 4.67. The summed E-state index contributed by atoms with van der Waals surface area (Å²) in [5.74, 6) is 1.70. The Morgan fingerprint density at radius 3 is 2.42 bits per heavy atom. The van der Waals surface area contributed by atoms with E-state index in [0.29, 0.717) is 6.61 Å². The van der Waals surface area contributed by atoms with Gasteiger partial charge in [0.15, 0.2) is 0 Å². The molecule has 0 spiro atoms. The van der Waals surface area contributed by atoms with Crippen LogP contribution in [0, 0.1) is 6.92 Å². The van der Waals surface area contributed by atoms with Crippen molar-refractivity contribution in [3.05, 3.63) is 59.2 Å². The molecular formula is C19H26NO2PS. The fraction of sp³-hybridized carbons (Fsp3) is 0.368. The van der Waals surface area contributed by atoms with Gasteiger partial charge in [-0.2, -0.15) is 0 Å². The Bertz CT molecular complexity index is 605. The third-order valence-corrected chi connectivity index (χ3v) is 3.53. The van der Waals surface area contributed by atoms with Crippen LogP contribution >= 0.6 is 8.02 Å². The predicted molar refractivity (Wildman–Crippen MR) is 106 cm³/mol. The Morgan fingerprint density at radius 2 is 1.79 bits per heavy atom. The van der Waals surface area contributed by atoms with E-state index in [2.05, 4.69) is 69.3 Å². The molecule has 0 saturated heterocycles. The van der Waals surface area contributed by atoms with E-state index in [9.17, 15) is 0 Å². The van der Waals surface area contributed by atoms with Crippen LogP contribution in [-0.4, -0.2) is 13.7 Å². The van der Waals surface area contributed by atoms with Crippen molar-refractivity contribution in [3.63, 3.8) is 0 Å². The average Bonchev–Trinajstić information content (AvgIpc) is 2.64. The monoisotopic (exact) mass is 363 g/mol. The van der Waals surface area contributed by atoms with Crippen molar-refractivity contribution in [2.24, 2.45) is 0 Å². The number of nitrogens with one attached hydrogen (secondary N) is 1. The summed E-state index contributed by atoms with van der Waals surface area (Å²) in [4.78, 5) is 0. The van der Waals surface area contributed by atoms with Gasteiger partial charge < -0.3 is 14.8 Å². The Morgan fingerprint density at radius 1 is 1.08 bits per heavy atom. The van der Waals surface area contributed by atoms with Crippen LogP contribution in [0.15, 0.2) is 42.5 Å². The first-order valence-corrected chi connectivity index (χ1v) is 9.62. The molecule has 0 atom stereocenters. The van der Waals surface area contributed by atoms with E-state index >= 15 is 0 Å². The highest BCUT2D eigenvalue weighted by Crippen LogP contribution is 2.25. The molecule has 0 bridgehead atoms. The lowest BCUT2D eigenvalue weighted by atomic mass is 10.1. The smallest absolute Gasteiger partial charge is 0.127 e. The maximum Gasteiger partial charge on any atom is 0.127 e. The highest BCUT2D eigenvalue weighted by molar-refractivity contribution is 7.88. The van der Waals surface area contributed by atoms with Crippen molar-refractivity contribution in [1.29, 1.82) is 0 Å². The molecule has 0 aliphatic carbocycles. The average molecular weight is 363 g/mol. The van der Waals surface area contributed by atoms with Gasteiger partial charge in [0, 0.05) is 18.2 Å². The molecule has 24 heavy (non-hydrogen) atoms. The summed E-state index contributed by atoms with van der Waals surface area (Å²) in [6.45, 7) is 6.63. The van der Waals surface area contributed by atoms with Crippen molar-refractivity contribution in [2.45, 2.75) is 33.4 Å². The molecule has 0 aliphatic heterocycles. The molecule has 2 aromatic rings. The zero-order chi connectivity index (χ0) is 17.8. The molecule has 5 heteroatoms. The fourth-order valence-corrected chi connectivity index (χ4v) is 2.21. The lowest BCUT2D eigenvalue weighted by molar-refractivity contribution is 0.303. The SMILES string of the molecule is CCCNCc1ccc(OCc2ccc(C)cc2)cc1OC.P=S. The molecule has 130 valence electrons. The summed E-state index contributed by atoms with van der Waals surface area (Å²) in [5, 5.41) is 3.39. The third kappa shape index (κ3) is 6.96. The van der Waals surface area contributed by atoms with Gasteiger partial charge in [0.1, 0.15) is 18.1 Å². The van der Waals surface area contributed by atoms with E-state index in [1.165, 1.54) is 11.1 Å². The molecular weight excluding hydrogens is 337 g/mol. The van der Waals surface area contributed by atoms with Gasteiger partial charge in [-0.25, -0.2) is 0 Å². The number of aryl methyl sites for hydroxylation is 1. The second kappa shape index (κ2) is 12.0. The summed E-state index contributed by atoms with van der Waals surface area (Å²) in [7, 11) is 4.25. The van der Waals surface area contributed by atoms with Crippen molar-refractivity contribution >= 4 is 19.8 Å².